The summed E-state index contributed by atoms with van der Waals surface area (Å²) in [6.07, 6.45) is 7.30. The Morgan fingerprint density at radius 2 is 1.82 bits per heavy atom. The molecule has 1 fully saturated rings. The average Bonchev–Trinajstić information content (AvgIpc) is 3.79. The van der Waals surface area contributed by atoms with E-state index in [-0.39, 0.29) is 29.1 Å². The van der Waals surface area contributed by atoms with Crippen LogP contribution in [0, 0.1) is 18.7 Å². The van der Waals surface area contributed by atoms with Crippen LogP contribution in [0.1, 0.15) is 45.4 Å². The minimum atomic E-state index is -0.764. The van der Waals surface area contributed by atoms with Gasteiger partial charge in [0.25, 0.3) is 11.8 Å². The lowest BCUT2D eigenvalue weighted by Gasteiger charge is -2.33. The van der Waals surface area contributed by atoms with Crippen LogP contribution >= 0.6 is 0 Å². The van der Waals surface area contributed by atoms with Crippen molar-refractivity contribution in [2.75, 3.05) is 18.4 Å². The van der Waals surface area contributed by atoms with Crippen molar-refractivity contribution in [3.8, 4) is 22.6 Å². The van der Waals surface area contributed by atoms with E-state index in [4.69, 9.17) is 14.6 Å². The van der Waals surface area contributed by atoms with Crippen LogP contribution in [0.4, 0.5) is 14.6 Å². The van der Waals surface area contributed by atoms with Gasteiger partial charge in [-0.15, -0.1) is 0 Å². The maximum Gasteiger partial charge on any atom is 0.259 e. The molecule has 1 saturated heterocycles. The highest BCUT2D eigenvalue weighted by Crippen LogP contribution is 2.36. The van der Waals surface area contributed by atoms with Crippen molar-refractivity contribution in [2.45, 2.75) is 25.8 Å². The predicted octanol–water partition coefficient (Wildman–Crippen LogP) is 4.96. The Hall–Kier alpha value is -5.79. The van der Waals surface area contributed by atoms with Gasteiger partial charge >= 0.3 is 0 Å². The number of fused-ring (bicyclic) bond motifs is 1. The fourth-order valence-corrected chi connectivity index (χ4v) is 5.53. The van der Waals surface area contributed by atoms with E-state index in [2.05, 4.69) is 25.0 Å². The van der Waals surface area contributed by atoms with Crippen LogP contribution < -0.4 is 5.32 Å². The van der Waals surface area contributed by atoms with Crippen LogP contribution in [0.5, 0.6) is 0 Å². The number of benzene rings is 1. The summed E-state index contributed by atoms with van der Waals surface area (Å²) in [5.41, 5.74) is 3.65. The van der Waals surface area contributed by atoms with Gasteiger partial charge in [-0.1, -0.05) is 5.16 Å². The fourth-order valence-electron chi connectivity index (χ4n) is 5.53. The molecule has 6 aromatic rings. The highest BCUT2D eigenvalue weighted by atomic mass is 19.1. The number of hydrogen-bond donors (Lipinski definition) is 1. The summed E-state index contributed by atoms with van der Waals surface area (Å²) in [5, 5.41) is 11.2. The molecule has 1 aliphatic rings. The lowest BCUT2D eigenvalue weighted by atomic mass is 10.0. The number of likely N-dealkylation sites (tertiary alicyclic amines) is 1. The van der Waals surface area contributed by atoms with E-state index in [0.717, 1.165) is 11.8 Å². The van der Waals surface area contributed by atoms with E-state index >= 15 is 0 Å². The third-order valence-electron chi connectivity index (χ3n) is 7.83. The summed E-state index contributed by atoms with van der Waals surface area (Å²) in [4.78, 5) is 40.1. The number of anilines is 1. The molecule has 5 aromatic heterocycles. The Morgan fingerprint density at radius 3 is 2.56 bits per heavy atom. The molecule has 0 unspecified atom stereocenters. The SMILES string of the molecule is Cc1oncc1C(=O)N1CCC(n2cnc(-c3ccc(F)cc3)c2-c2ccc3nc(NC(=O)c4ccnc(F)c4)cn3n2)CC1. The first kappa shape index (κ1) is 28.0. The van der Waals surface area contributed by atoms with Gasteiger partial charge in [0.2, 0.25) is 5.95 Å². The number of halogens is 2. The zero-order chi connectivity index (χ0) is 31.1. The van der Waals surface area contributed by atoms with E-state index < -0.39 is 11.9 Å². The summed E-state index contributed by atoms with van der Waals surface area (Å²) >= 11 is 0. The molecule has 2 amide bonds. The predicted molar refractivity (Wildman–Crippen MR) is 157 cm³/mol. The van der Waals surface area contributed by atoms with Crippen molar-refractivity contribution in [1.82, 2.24) is 39.2 Å². The number of hydrogen-bond acceptors (Lipinski definition) is 8. The van der Waals surface area contributed by atoms with Gasteiger partial charge < -0.3 is 19.3 Å². The van der Waals surface area contributed by atoms with Crippen molar-refractivity contribution in [1.29, 1.82) is 0 Å². The molecule has 1 aliphatic heterocycles. The van der Waals surface area contributed by atoms with Gasteiger partial charge in [-0.2, -0.15) is 9.49 Å². The summed E-state index contributed by atoms with van der Waals surface area (Å²) in [7, 11) is 0. The van der Waals surface area contributed by atoms with Crippen molar-refractivity contribution < 1.29 is 22.9 Å². The number of aromatic nitrogens is 7. The van der Waals surface area contributed by atoms with Gasteiger partial charge in [-0.05, 0) is 62.2 Å². The zero-order valence-electron chi connectivity index (χ0n) is 23.9. The van der Waals surface area contributed by atoms with E-state index in [1.807, 2.05) is 0 Å². The van der Waals surface area contributed by atoms with Gasteiger partial charge in [-0.3, -0.25) is 9.59 Å². The molecule has 6 heterocycles. The first-order valence-corrected chi connectivity index (χ1v) is 14.2. The molecular formula is C31H25F2N9O3. The monoisotopic (exact) mass is 609 g/mol. The molecular weight excluding hydrogens is 584 g/mol. The Kier molecular flexibility index (Phi) is 7.08. The quantitative estimate of drug-likeness (QED) is 0.262. The van der Waals surface area contributed by atoms with Crippen molar-refractivity contribution in [3.05, 3.63) is 102 Å². The summed E-state index contributed by atoms with van der Waals surface area (Å²) in [5.74, 6) is -1.07. The van der Waals surface area contributed by atoms with Crippen molar-refractivity contribution >= 4 is 23.3 Å². The van der Waals surface area contributed by atoms with Crippen molar-refractivity contribution in [2.24, 2.45) is 0 Å². The Bertz CT molecular complexity index is 2040. The number of carbonyl (C=O) groups excluding carboxylic acids is 2. The van der Waals surface area contributed by atoms with E-state index in [1.165, 1.54) is 35.1 Å². The second-order valence-electron chi connectivity index (χ2n) is 10.6. The summed E-state index contributed by atoms with van der Waals surface area (Å²) in [6, 6.07) is 12.1. The van der Waals surface area contributed by atoms with Gasteiger partial charge in [0.1, 0.15) is 22.8 Å². The highest BCUT2D eigenvalue weighted by Gasteiger charge is 2.29. The summed E-state index contributed by atoms with van der Waals surface area (Å²) < 4.78 is 36.0. The van der Waals surface area contributed by atoms with Gasteiger partial charge in [0.05, 0.1) is 30.1 Å². The van der Waals surface area contributed by atoms with Crippen LogP contribution in [0.25, 0.3) is 28.3 Å². The molecule has 7 rings (SSSR count). The molecule has 0 spiro atoms. The minimum absolute atomic E-state index is 0.00483. The standard InChI is InChI=1S/C31H25F2N9O3/c1-18-23(15-36-45-18)31(44)40-12-9-22(10-13-40)41-17-35-28(19-2-4-21(32)5-3-19)29(41)24-6-7-27-37-26(16-42(27)39-24)38-30(43)20-8-11-34-25(33)14-20/h2-8,11,14-17,22H,9-10,12-13H2,1H3,(H,38,43). The topological polar surface area (TPSA) is 136 Å². The van der Waals surface area contributed by atoms with Crippen molar-refractivity contribution in [3.63, 3.8) is 0 Å². The second kappa shape index (κ2) is 11.4. The molecule has 0 bridgehead atoms. The van der Waals surface area contributed by atoms with E-state index in [1.54, 1.807) is 48.6 Å². The second-order valence-corrected chi connectivity index (χ2v) is 10.6. The molecule has 0 radical (unpaired) electrons. The number of aryl methyl sites for hydroxylation is 1. The number of pyridine rings is 1. The molecule has 0 aliphatic carbocycles. The lowest BCUT2D eigenvalue weighted by Crippen LogP contribution is -2.39. The minimum Gasteiger partial charge on any atom is -0.361 e. The third kappa shape index (κ3) is 5.41. The number of rotatable bonds is 6. The molecule has 0 atom stereocenters. The number of piperidine rings is 1. The molecule has 0 saturated carbocycles. The van der Waals surface area contributed by atoms with Crippen LogP contribution in [-0.2, 0) is 0 Å². The number of carbonyl (C=O) groups is 2. The van der Waals surface area contributed by atoms with Gasteiger partial charge in [0, 0.05) is 42.5 Å². The molecule has 226 valence electrons. The van der Waals surface area contributed by atoms with Crippen LogP contribution in [0.15, 0.2) is 78.0 Å². The maximum atomic E-state index is 13.8. The van der Waals surface area contributed by atoms with Gasteiger partial charge in [0.15, 0.2) is 11.5 Å². The van der Waals surface area contributed by atoms with E-state index in [0.29, 0.717) is 59.9 Å². The van der Waals surface area contributed by atoms with Crippen LogP contribution in [0.2, 0.25) is 0 Å². The molecule has 1 aromatic carbocycles. The molecule has 12 nitrogen and oxygen atoms in total. The Morgan fingerprint density at radius 1 is 1.02 bits per heavy atom. The number of nitrogens with one attached hydrogen (secondary N) is 1. The van der Waals surface area contributed by atoms with Crippen LogP contribution in [0.3, 0.4) is 0 Å². The normalized spacial score (nSPS) is 13.8. The zero-order valence-corrected chi connectivity index (χ0v) is 23.9. The maximum absolute atomic E-state index is 13.8. The number of imidazole rings is 2. The first-order chi connectivity index (χ1) is 21.8. The molecule has 14 heteroatoms. The van der Waals surface area contributed by atoms with E-state index in [9.17, 15) is 18.4 Å². The van der Waals surface area contributed by atoms with Crippen LogP contribution in [-0.4, -0.2) is 64.1 Å². The average molecular weight is 610 g/mol. The molecule has 45 heavy (non-hydrogen) atoms. The Labute approximate surface area is 254 Å². The number of nitrogens with zero attached hydrogens (tertiary/aromatic N) is 8. The smallest absolute Gasteiger partial charge is 0.259 e. The number of amides is 2. The summed E-state index contributed by atoms with van der Waals surface area (Å²) in [6.45, 7) is 2.76. The largest absolute Gasteiger partial charge is 0.361 e. The third-order valence-corrected chi connectivity index (χ3v) is 7.83. The lowest BCUT2D eigenvalue weighted by molar-refractivity contribution is 0.0693. The molecule has 1 N–H and O–H groups in total. The Balaban J connectivity index is 1.20. The first-order valence-electron chi connectivity index (χ1n) is 14.2. The fraction of sp³-hybridized carbons (Fsp3) is 0.194. The highest BCUT2D eigenvalue weighted by molar-refractivity contribution is 6.03. The van der Waals surface area contributed by atoms with Gasteiger partial charge in [-0.25, -0.2) is 23.9 Å².